The highest BCUT2D eigenvalue weighted by Crippen LogP contribution is 2.34. The van der Waals surface area contributed by atoms with Crippen molar-refractivity contribution < 1.29 is 13.9 Å². The molecule has 0 aliphatic carbocycles. The average molecular weight is 445 g/mol. The molecule has 0 spiro atoms. The maximum absolute atomic E-state index is 12.7. The lowest BCUT2D eigenvalue weighted by Crippen LogP contribution is -2.36. The van der Waals surface area contributed by atoms with Crippen molar-refractivity contribution in [2.45, 2.75) is 45.3 Å². The fraction of sp³-hybridized carbons (Fsp3) is 0.308. The number of carbonyl (C=O) groups is 1. The second-order valence-corrected chi connectivity index (χ2v) is 9.49. The topological polar surface area (TPSA) is 97.4 Å². The molecule has 1 atom stereocenters. The molecule has 0 radical (unpaired) electrons. The minimum Gasteiger partial charge on any atom is -0.456 e. The quantitative estimate of drug-likeness (QED) is 0.370. The van der Waals surface area contributed by atoms with Crippen LogP contribution in [0.4, 0.5) is 10.5 Å². The Balaban J connectivity index is 1.39. The Morgan fingerprint density at radius 3 is 2.67 bits per heavy atom. The highest BCUT2D eigenvalue weighted by molar-refractivity contribution is 5.87. The first-order valence-electron chi connectivity index (χ1n) is 11.2. The number of likely N-dealkylation sites (tertiary alicyclic amines) is 1. The van der Waals surface area contributed by atoms with Gasteiger partial charge in [-0.05, 0) is 82.1 Å². The van der Waals surface area contributed by atoms with Crippen LogP contribution in [-0.4, -0.2) is 33.1 Å². The summed E-state index contributed by atoms with van der Waals surface area (Å²) in [6.45, 7) is 6.31. The van der Waals surface area contributed by atoms with Gasteiger partial charge in [-0.25, -0.2) is 9.78 Å². The van der Waals surface area contributed by atoms with Gasteiger partial charge in [-0.1, -0.05) is 0 Å². The number of carbonyl (C=O) groups excluding carboxylic acids is 1. The van der Waals surface area contributed by atoms with Gasteiger partial charge in [0.1, 0.15) is 22.8 Å². The molecule has 0 unspecified atom stereocenters. The van der Waals surface area contributed by atoms with Crippen LogP contribution in [0, 0.1) is 0 Å². The lowest BCUT2D eigenvalue weighted by Gasteiger charge is -2.27. The Labute approximate surface area is 192 Å². The van der Waals surface area contributed by atoms with Crippen LogP contribution in [0.15, 0.2) is 59.1 Å². The third kappa shape index (κ3) is 4.31. The largest absolute Gasteiger partial charge is 0.456 e. The van der Waals surface area contributed by atoms with Crippen molar-refractivity contribution in [1.82, 2.24) is 14.9 Å². The molecular weight excluding hydrogens is 416 g/mol. The molecule has 1 amide bonds. The Hall–Kier alpha value is -3.74. The number of aromatic nitrogens is 2. The zero-order valence-corrected chi connectivity index (χ0v) is 19.1. The van der Waals surface area contributed by atoms with Crippen LogP contribution in [0.2, 0.25) is 0 Å². The summed E-state index contributed by atoms with van der Waals surface area (Å²) >= 11 is 0. The molecule has 5 rings (SSSR count). The van der Waals surface area contributed by atoms with Gasteiger partial charge in [-0.2, -0.15) is 0 Å². The predicted molar refractivity (Wildman–Crippen MR) is 129 cm³/mol. The number of fused-ring (bicyclic) bond motifs is 1. The number of nitrogens with one attached hydrogen (secondary N) is 1. The first-order valence-corrected chi connectivity index (χ1v) is 11.2. The lowest BCUT2D eigenvalue weighted by molar-refractivity contribution is 0.0218. The average Bonchev–Trinajstić information content (AvgIpc) is 3.50. The van der Waals surface area contributed by atoms with Crippen molar-refractivity contribution >= 4 is 22.7 Å². The highest BCUT2D eigenvalue weighted by atomic mass is 16.6. The normalized spacial score (nSPS) is 16.5. The summed E-state index contributed by atoms with van der Waals surface area (Å²) in [6.07, 6.45) is 3.38. The molecule has 0 bridgehead atoms. The van der Waals surface area contributed by atoms with Crippen molar-refractivity contribution in [3.8, 4) is 22.6 Å². The molecule has 7 nitrogen and oxygen atoms in total. The minimum absolute atomic E-state index is 0.108. The Morgan fingerprint density at radius 2 is 1.91 bits per heavy atom. The zero-order valence-electron chi connectivity index (χ0n) is 19.1. The summed E-state index contributed by atoms with van der Waals surface area (Å²) in [7, 11) is 0. The zero-order chi connectivity index (χ0) is 23.2. The van der Waals surface area contributed by atoms with E-state index in [-0.39, 0.29) is 12.1 Å². The summed E-state index contributed by atoms with van der Waals surface area (Å²) in [6, 6.07) is 15.6. The van der Waals surface area contributed by atoms with Crippen molar-refractivity contribution in [3.05, 3.63) is 60.6 Å². The SMILES string of the molecule is CC(C)(C)OC(=O)N1CCC[C@H]1c1nc(-c2ccc3oc(-c4ccc(N)cc4)cc3c2)c[nH]1. The van der Waals surface area contributed by atoms with Gasteiger partial charge >= 0.3 is 6.09 Å². The molecule has 0 saturated carbocycles. The molecule has 170 valence electrons. The van der Waals surface area contributed by atoms with Crippen LogP contribution in [0.3, 0.4) is 0 Å². The fourth-order valence-electron chi connectivity index (χ4n) is 4.24. The number of benzene rings is 2. The number of nitrogen functional groups attached to an aromatic ring is 1. The maximum Gasteiger partial charge on any atom is 0.410 e. The number of furan rings is 1. The van der Waals surface area contributed by atoms with Crippen LogP contribution in [-0.2, 0) is 4.74 Å². The molecular formula is C26H28N4O3. The van der Waals surface area contributed by atoms with E-state index in [2.05, 4.69) is 11.1 Å². The molecule has 1 fully saturated rings. The van der Waals surface area contributed by atoms with E-state index in [1.54, 1.807) is 4.90 Å². The number of aromatic amines is 1. The molecule has 2 aromatic heterocycles. The standard InChI is InChI=1S/C26H28N4O3/c1-26(2,3)33-25(31)30-12-4-5-21(30)24-28-15-20(29-24)17-8-11-22-18(13-17)14-23(32-22)16-6-9-19(27)10-7-16/h6-11,13-15,21H,4-5,12,27H2,1-3H3,(H,28,29)/t21-/m0/s1. The van der Waals surface area contributed by atoms with Gasteiger partial charge in [0.25, 0.3) is 0 Å². The van der Waals surface area contributed by atoms with Crippen LogP contribution in [0.25, 0.3) is 33.6 Å². The summed E-state index contributed by atoms with van der Waals surface area (Å²) < 4.78 is 11.6. The van der Waals surface area contributed by atoms with E-state index in [0.717, 1.165) is 57.9 Å². The lowest BCUT2D eigenvalue weighted by atomic mass is 10.1. The molecule has 3 N–H and O–H groups in total. The number of amides is 1. The molecule has 1 aliphatic rings. The van der Waals surface area contributed by atoms with Crippen molar-refractivity contribution in [2.24, 2.45) is 0 Å². The van der Waals surface area contributed by atoms with Crippen molar-refractivity contribution in [3.63, 3.8) is 0 Å². The molecule has 33 heavy (non-hydrogen) atoms. The number of anilines is 1. The Bertz CT molecular complexity index is 1300. The van der Waals surface area contributed by atoms with Gasteiger partial charge in [0.2, 0.25) is 0 Å². The van der Waals surface area contributed by atoms with Crippen LogP contribution >= 0.6 is 0 Å². The Morgan fingerprint density at radius 1 is 1.15 bits per heavy atom. The van der Waals surface area contributed by atoms with E-state index in [9.17, 15) is 4.79 Å². The maximum atomic E-state index is 12.7. The smallest absolute Gasteiger partial charge is 0.410 e. The van der Waals surface area contributed by atoms with E-state index in [1.165, 1.54) is 0 Å². The summed E-state index contributed by atoms with van der Waals surface area (Å²) in [4.78, 5) is 22.5. The van der Waals surface area contributed by atoms with E-state index in [1.807, 2.05) is 69.4 Å². The van der Waals surface area contributed by atoms with Crippen molar-refractivity contribution in [1.29, 1.82) is 0 Å². The number of nitrogens with zero attached hydrogens (tertiary/aromatic N) is 2. The van der Waals surface area contributed by atoms with Crippen LogP contribution < -0.4 is 5.73 Å². The molecule has 2 aromatic carbocycles. The number of nitrogens with two attached hydrogens (primary N) is 1. The molecule has 1 aliphatic heterocycles. The van der Waals surface area contributed by atoms with Gasteiger partial charge in [0.05, 0.1) is 11.7 Å². The molecule has 1 saturated heterocycles. The van der Waals surface area contributed by atoms with Gasteiger partial charge in [-0.3, -0.25) is 4.90 Å². The minimum atomic E-state index is -0.524. The summed E-state index contributed by atoms with van der Waals surface area (Å²) in [5.74, 6) is 1.58. The van der Waals surface area contributed by atoms with Crippen LogP contribution in [0.5, 0.6) is 0 Å². The number of hydrogen-bond donors (Lipinski definition) is 2. The van der Waals surface area contributed by atoms with E-state index < -0.39 is 5.60 Å². The second-order valence-electron chi connectivity index (χ2n) is 9.49. The predicted octanol–water partition coefficient (Wildman–Crippen LogP) is 6.14. The van der Waals surface area contributed by atoms with E-state index in [4.69, 9.17) is 19.9 Å². The van der Waals surface area contributed by atoms with Gasteiger partial charge in [0.15, 0.2) is 0 Å². The fourth-order valence-corrected chi connectivity index (χ4v) is 4.24. The van der Waals surface area contributed by atoms with Gasteiger partial charge in [-0.15, -0.1) is 0 Å². The summed E-state index contributed by atoms with van der Waals surface area (Å²) in [5.41, 5.74) is 9.60. The summed E-state index contributed by atoms with van der Waals surface area (Å²) in [5, 5.41) is 1.00. The van der Waals surface area contributed by atoms with E-state index in [0.29, 0.717) is 6.54 Å². The van der Waals surface area contributed by atoms with Gasteiger partial charge < -0.3 is 19.9 Å². The number of H-pyrrole nitrogens is 1. The number of hydrogen-bond acceptors (Lipinski definition) is 5. The monoisotopic (exact) mass is 444 g/mol. The third-order valence-electron chi connectivity index (χ3n) is 5.80. The van der Waals surface area contributed by atoms with Crippen LogP contribution in [0.1, 0.15) is 45.5 Å². The Kier molecular flexibility index (Phi) is 5.12. The molecule has 3 heterocycles. The van der Waals surface area contributed by atoms with Gasteiger partial charge in [0, 0.05) is 34.9 Å². The number of imidazole rings is 1. The number of ether oxygens (including phenoxy) is 1. The molecule has 4 aromatic rings. The van der Waals surface area contributed by atoms with Crippen molar-refractivity contribution in [2.75, 3.05) is 12.3 Å². The number of rotatable bonds is 3. The molecule has 7 heteroatoms. The second kappa shape index (κ2) is 7.99. The van der Waals surface area contributed by atoms with E-state index >= 15 is 0 Å². The first-order chi connectivity index (χ1) is 15.8. The highest BCUT2D eigenvalue weighted by Gasteiger charge is 2.34. The first kappa shape index (κ1) is 21.1. The third-order valence-corrected chi connectivity index (χ3v) is 5.80.